The minimum atomic E-state index is -3.03. The molecule has 0 aromatic carbocycles. The zero-order valence-electron chi connectivity index (χ0n) is 13.7. The molecule has 1 fully saturated rings. The Bertz CT molecular complexity index is 626. The van der Waals surface area contributed by atoms with E-state index in [2.05, 4.69) is 25.8 Å². The maximum absolute atomic E-state index is 11.7. The molecule has 2 rings (SSSR count). The van der Waals surface area contributed by atoms with Crippen molar-refractivity contribution in [3.63, 3.8) is 0 Å². The Morgan fingerprint density at radius 1 is 1.35 bits per heavy atom. The molecule has 130 valence electrons. The van der Waals surface area contributed by atoms with Gasteiger partial charge >= 0.3 is 0 Å². The van der Waals surface area contributed by atoms with Crippen LogP contribution in [0.1, 0.15) is 19.2 Å². The molecule has 0 spiro atoms. The fourth-order valence-corrected chi connectivity index (χ4v) is 4.03. The average Bonchev–Trinajstić information content (AvgIpc) is 3.11. The summed E-state index contributed by atoms with van der Waals surface area (Å²) in [7, 11) is -1.34. The van der Waals surface area contributed by atoms with E-state index >= 15 is 0 Å². The standard InChI is InChI=1S/C13H25N7O2S/c1-3-12-18-17-11-19(12)8-5-15-13(14-2)16-6-9-20-7-4-10-23(20,21)22/h11H,3-10H2,1-2H3,(H2,14,15,16). The van der Waals surface area contributed by atoms with E-state index in [1.807, 2.05) is 11.5 Å². The third kappa shape index (κ3) is 4.90. The molecule has 2 N–H and O–H groups in total. The van der Waals surface area contributed by atoms with E-state index in [9.17, 15) is 8.42 Å². The van der Waals surface area contributed by atoms with Gasteiger partial charge in [0, 0.05) is 46.2 Å². The molecule has 0 saturated carbocycles. The summed E-state index contributed by atoms with van der Waals surface area (Å²) in [5.41, 5.74) is 0. The summed E-state index contributed by atoms with van der Waals surface area (Å²) in [5, 5.41) is 14.3. The second kappa shape index (κ2) is 8.25. The molecule has 9 nitrogen and oxygen atoms in total. The second-order valence-corrected chi connectivity index (χ2v) is 7.38. The SMILES string of the molecule is CCc1nncn1CCNC(=NC)NCCN1CCCS1(=O)=O. The lowest BCUT2D eigenvalue weighted by molar-refractivity contribution is 0.445. The number of aliphatic imine (C=N–C) groups is 1. The average molecular weight is 343 g/mol. The number of guanidine groups is 1. The summed E-state index contributed by atoms with van der Waals surface area (Å²) in [5.74, 6) is 1.88. The van der Waals surface area contributed by atoms with Gasteiger partial charge in [-0.3, -0.25) is 4.99 Å². The van der Waals surface area contributed by atoms with E-state index in [-0.39, 0.29) is 5.75 Å². The van der Waals surface area contributed by atoms with E-state index in [1.54, 1.807) is 13.4 Å². The predicted molar refractivity (Wildman–Crippen MR) is 88.7 cm³/mol. The summed E-state index contributed by atoms with van der Waals surface area (Å²) in [4.78, 5) is 4.14. The fraction of sp³-hybridized carbons (Fsp3) is 0.769. The Hall–Kier alpha value is -1.68. The van der Waals surface area contributed by atoms with Crippen LogP contribution in [0.2, 0.25) is 0 Å². The van der Waals surface area contributed by atoms with Gasteiger partial charge in [-0.15, -0.1) is 10.2 Å². The lowest BCUT2D eigenvalue weighted by atomic mass is 10.4. The summed E-state index contributed by atoms with van der Waals surface area (Å²) < 4.78 is 26.9. The molecular weight excluding hydrogens is 318 g/mol. The Kier molecular flexibility index (Phi) is 6.34. The first kappa shape index (κ1) is 17.7. The van der Waals surface area contributed by atoms with Crippen molar-refractivity contribution < 1.29 is 8.42 Å². The molecular formula is C13H25N7O2S. The Morgan fingerprint density at radius 3 is 2.70 bits per heavy atom. The van der Waals surface area contributed by atoms with Crippen LogP contribution in [0.25, 0.3) is 0 Å². The van der Waals surface area contributed by atoms with E-state index in [0.29, 0.717) is 38.6 Å². The number of hydrogen-bond donors (Lipinski definition) is 2. The minimum absolute atomic E-state index is 0.263. The van der Waals surface area contributed by atoms with Crippen LogP contribution in [0, 0.1) is 0 Å². The zero-order chi connectivity index (χ0) is 16.7. The minimum Gasteiger partial charge on any atom is -0.355 e. The first-order valence-corrected chi connectivity index (χ1v) is 9.46. The lowest BCUT2D eigenvalue weighted by Crippen LogP contribution is -2.42. The maximum Gasteiger partial charge on any atom is 0.214 e. The van der Waals surface area contributed by atoms with Crippen molar-refractivity contribution in [1.82, 2.24) is 29.7 Å². The number of sulfonamides is 1. The number of aryl methyl sites for hydroxylation is 1. The molecule has 1 aromatic heterocycles. The lowest BCUT2D eigenvalue weighted by Gasteiger charge is -2.16. The molecule has 1 aliphatic rings. The van der Waals surface area contributed by atoms with Gasteiger partial charge < -0.3 is 15.2 Å². The molecule has 0 radical (unpaired) electrons. The van der Waals surface area contributed by atoms with Crippen molar-refractivity contribution in [1.29, 1.82) is 0 Å². The van der Waals surface area contributed by atoms with Gasteiger partial charge in [0.1, 0.15) is 12.2 Å². The van der Waals surface area contributed by atoms with E-state index in [4.69, 9.17) is 0 Å². The highest BCUT2D eigenvalue weighted by Gasteiger charge is 2.27. The number of hydrogen-bond acceptors (Lipinski definition) is 5. The van der Waals surface area contributed by atoms with Crippen LogP contribution in [-0.4, -0.2) is 72.4 Å². The van der Waals surface area contributed by atoms with Gasteiger partial charge in [0.05, 0.1) is 5.75 Å². The van der Waals surface area contributed by atoms with Gasteiger partial charge in [-0.25, -0.2) is 12.7 Å². The molecule has 0 atom stereocenters. The van der Waals surface area contributed by atoms with Crippen LogP contribution >= 0.6 is 0 Å². The van der Waals surface area contributed by atoms with Crippen molar-refractivity contribution in [3.05, 3.63) is 12.2 Å². The van der Waals surface area contributed by atoms with Gasteiger partial charge in [-0.2, -0.15) is 0 Å². The van der Waals surface area contributed by atoms with Crippen LogP contribution in [0.4, 0.5) is 0 Å². The molecule has 10 heteroatoms. The van der Waals surface area contributed by atoms with Gasteiger partial charge in [0.2, 0.25) is 10.0 Å². The molecule has 2 heterocycles. The molecule has 1 aromatic rings. The molecule has 0 unspecified atom stereocenters. The topological polar surface area (TPSA) is 105 Å². The molecule has 1 aliphatic heterocycles. The van der Waals surface area contributed by atoms with E-state index in [0.717, 1.165) is 18.8 Å². The molecule has 0 aliphatic carbocycles. The van der Waals surface area contributed by atoms with Crippen LogP contribution in [-0.2, 0) is 23.0 Å². The summed E-state index contributed by atoms with van der Waals surface area (Å²) in [6.45, 7) is 5.09. The molecule has 23 heavy (non-hydrogen) atoms. The Labute approximate surface area is 137 Å². The van der Waals surface area contributed by atoms with Gasteiger partial charge in [0.25, 0.3) is 0 Å². The normalized spacial score (nSPS) is 18.3. The number of aromatic nitrogens is 3. The summed E-state index contributed by atoms with van der Waals surface area (Å²) in [6.07, 6.45) is 3.28. The monoisotopic (exact) mass is 343 g/mol. The molecule has 0 amide bonds. The van der Waals surface area contributed by atoms with Crippen molar-refractivity contribution in [2.24, 2.45) is 4.99 Å². The highest BCUT2D eigenvalue weighted by molar-refractivity contribution is 7.89. The van der Waals surface area contributed by atoms with Crippen molar-refractivity contribution in [3.8, 4) is 0 Å². The van der Waals surface area contributed by atoms with Crippen molar-refractivity contribution in [2.75, 3.05) is 39.0 Å². The summed E-state index contributed by atoms with van der Waals surface area (Å²) >= 11 is 0. The molecule has 0 bridgehead atoms. The van der Waals surface area contributed by atoms with Crippen molar-refractivity contribution in [2.45, 2.75) is 26.3 Å². The quantitative estimate of drug-likeness (QED) is 0.488. The van der Waals surface area contributed by atoms with E-state index in [1.165, 1.54) is 4.31 Å². The number of rotatable bonds is 7. The van der Waals surface area contributed by atoms with Gasteiger partial charge in [0.15, 0.2) is 5.96 Å². The largest absolute Gasteiger partial charge is 0.355 e. The second-order valence-electron chi connectivity index (χ2n) is 5.29. The predicted octanol–water partition coefficient (Wildman–Crippen LogP) is -0.959. The smallest absolute Gasteiger partial charge is 0.214 e. The highest BCUT2D eigenvalue weighted by Crippen LogP contribution is 2.11. The maximum atomic E-state index is 11.7. The summed E-state index contributed by atoms with van der Waals surface area (Å²) in [6, 6.07) is 0. The van der Waals surface area contributed by atoms with Gasteiger partial charge in [-0.1, -0.05) is 6.92 Å². The third-order valence-electron chi connectivity index (χ3n) is 3.74. The zero-order valence-corrected chi connectivity index (χ0v) is 14.5. The number of nitrogens with one attached hydrogen (secondary N) is 2. The van der Waals surface area contributed by atoms with Crippen LogP contribution in [0.5, 0.6) is 0 Å². The first-order valence-electron chi connectivity index (χ1n) is 7.86. The van der Waals surface area contributed by atoms with Crippen LogP contribution in [0.15, 0.2) is 11.3 Å². The fourth-order valence-electron chi connectivity index (χ4n) is 2.50. The van der Waals surface area contributed by atoms with E-state index < -0.39 is 10.0 Å². The third-order valence-corrected chi connectivity index (χ3v) is 5.69. The Morgan fingerprint density at radius 2 is 2.09 bits per heavy atom. The van der Waals surface area contributed by atoms with Gasteiger partial charge in [-0.05, 0) is 6.42 Å². The number of nitrogens with zero attached hydrogens (tertiary/aromatic N) is 5. The van der Waals surface area contributed by atoms with Crippen LogP contribution < -0.4 is 10.6 Å². The highest BCUT2D eigenvalue weighted by atomic mass is 32.2. The van der Waals surface area contributed by atoms with Crippen molar-refractivity contribution >= 4 is 16.0 Å². The first-order chi connectivity index (χ1) is 11.1. The molecule has 1 saturated heterocycles. The van der Waals surface area contributed by atoms with Crippen LogP contribution in [0.3, 0.4) is 0 Å². The Balaban J connectivity index is 1.69.